The Morgan fingerprint density at radius 1 is 1.22 bits per heavy atom. The Bertz CT molecular complexity index is 501. The highest BCUT2D eigenvalue weighted by molar-refractivity contribution is 5.98. The minimum Gasteiger partial charge on any atom is -0.299 e. The average Bonchev–Trinajstić information content (AvgIpc) is 2.89. The van der Waals surface area contributed by atoms with E-state index in [1.807, 2.05) is 6.08 Å². The minimum absolute atomic E-state index is 0.124. The van der Waals surface area contributed by atoms with Gasteiger partial charge in [0.05, 0.1) is 0 Å². The van der Waals surface area contributed by atoms with Gasteiger partial charge >= 0.3 is 0 Å². The molecule has 0 radical (unpaired) electrons. The normalized spacial score (nSPS) is 56.8. The Balaban J connectivity index is 1.70. The Morgan fingerprint density at radius 3 is 2.67 bits per heavy atom. The molecule has 1 spiro atoms. The smallest absolute Gasteiger partial charge is 0.140 e. The first-order valence-electron chi connectivity index (χ1n) is 7.38. The van der Waals surface area contributed by atoms with E-state index in [1.165, 1.54) is 12.8 Å². The fraction of sp³-hybridized carbons (Fsp3) is 0.750. The van der Waals surface area contributed by atoms with Crippen molar-refractivity contribution in [3.63, 3.8) is 0 Å². The second kappa shape index (κ2) is 2.66. The van der Waals surface area contributed by atoms with E-state index in [9.17, 15) is 9.59 Å². The van der Waals surface area contributed by atoms with Crippen molar-refractivity contribution in [2.45, 2.75) is 25.7 Å². The third-order valence-electron chi connectivity index (χ3n) is 7.07. The molecule has 5 saturated carbocycles. The summed E-state index contributed by atoms with van der Waals surface area (Å²) in [6, 6.07) is 0. The molecule has 5 rings (SSSR count). The number of allylic oxidation sites excluding steroid dienone is 1. The van der Waals surface area contributed by atoms with Gasteiger partial charge in [0.25, 0.3) is 0 Å². The molecule has 0 aliphatic heterocycles. The van der Waals surface area contributed by atoms with E-state index in [1.54, 1.807) is 0 Å². The SMILES string of the molecule is C=CCC1C(=O)C2C3C(=O)CC4C1C2C1(CC1)C43. The molecular weight excluding hydrogens is 224 g/mol. The van der Waals surface area contributed by atoms with Crippen LogP contribution in [0.4, 0.5) is 0 Å². The summed E-state index contributed by atoms with van der Waals surface area (Å²) in [5.41, 5.74) is 0.447. The molecule has 0 aromatic rings. The van der Waals surface area contributed by atoms with Crippen LogP contribution in [0.1, 0.15) is 25.7 Å². The summed E-state index contributed by atoms with van der Waals surface area (Å²) in [7, 11) is 0. The predicted octanol–water partition coefficient (Wildman–Crippen LogP) is 2.24. The number of rotatable bonds is 2. The topological polar surface area (TPSA) is 34.1 Å². The van der Waals surface area contributed by atoms with Crippen LogP contribution in [0, 0.1) is 46.8 Å². The van der Waals surface area contributed by atoms with E-state index in [0.717, 1.165) is 12.8 Å². The lowest BCUT2D eigenvalue weighted by molar-refractivity contribution is -0.131. The summed E-state index contributed by atoms with van der Waals surface area (Å²) in [6.07, 6.45) is 6.13. The van der Waals surface area contributed by atoms with Gasteiger partial charge in [0.15, 0.2) is 0 Å². The number of hydrogen-bond donors (Lipinski definition) is 0. The summed E-state index contributed by atoms with van der Waals surface area (Å²) < 4.78 is 0. The maximum Gasteiger partial charge on any atom is 0.140 e. The predicted molar refractivity (Wildman–Crippen MR) is 65.5 cm³/mol. The van der Waals surface area contributed by atoms with Crippen molar-refractivity contribution < 1.29 is 9.59 Å². The van der Waals surface area contributed by atoms with Gasteiger partial charge in [0.2, 0.25) is 0 Å². The Hall–Kier alpha value is -0.920. The molecule has 2 bridgehead atoms. The van der Waals surface area contributed by atoms with Crippen molar-refractivity contribution in [2.75, 3.05) is 0 Å². The van der Waals surface area contributed by atoms with Crippen molar-refractivity contribution in [1.82, 2.24) is 0 Å². The van der Waals surface area contributed by atoms with E-state index < -0.39 is 0 Å². The first-order chi connectivity index (χ1) is 8.70. The number of ketones is 2. The molecule has 0 heterocycles. The fourth-order valence-corrected chi connectivity index (χ4v) is 6.84. The molecule has 0 aromatic carbocycles. The molecule has 0 aromatic heterocycles. The molecule has 0 N–H and O–H groups in total. The molecule has 18 heavy (non-hydrogen) atoms. The monoisotopic (exact) mass is 242 g/mol. The van der Waals surface area contributed by atoms with Crippen LogP contribution in [-0.4, -0.2) is 11.6 Å². The zero-order valence-corrected chi connectivity index (χ0v) is 10.5. The Morgan fingerprint density at radius 2 is 2.00 bits per heavy atom. The van der Waals surface area contributed by atoms with E-state index in [0.29, 0.717) is 40.7 Å². The molecule has 5 aliphatic carbocycles. The molecule has 94 valence electrons. The van der Waals surface area contributed by atoms with Gasteiger partial charge in [-0.05, 0) is 48.3 Å². The maximum absolute atomic E-state index is 12.7. The van der Waals surface area contributed by atoms with Crippen LogP contribution in [0.25, 0.3) is 0 Å². The standard InChI is InChI=1S/C16H18O2/c1-2-3-7-10-8-6-9(17)11-12(15(7)18)14(10)16(4-5-16)13(8)11/h2,7-8,10-14H,1,3-6H2. The molecule has 2 heteroatoms. The Kier molecular flexibility index (Phi) is 1.47. The van der Waals surface area contributed by atoms with Gasteiger partial charge in [-0.3, -0.25) is 9.59 Å². The van der Waals surface area contributed by atoms with Crippen LogP contribution < -0.4 is 0 Å². The highest BCUT2D eigenvalue weighted by atomic mass is 16.1. The van der Waals surface area contributed by atoms with Gasteiger partial charge in [-0.1, -0.05) is 6.08 Å². The van der Waals surface area contributed by atoms with Crippen molar-refractivity contribution in [3.8, 4) is 0 Å². The van der Waals surface area contributed by atoms with E-state index in [2.05, 4.69) is 6.58 Å². The first-order valence-corrected chi connectivity index (χ1v) is 7.38. The zero-order valence-electron chi connectivity index (χ0n) is 10.5. The van der Waals surface area contributed by atoms with Gasteiger partial charge in [0.1, 0.15) is 11.6 Å². The molecule has 2 nitrogen and oxygen atoms in total. The lowest BCUT2D eigenvalue weighted by Crippen LogP contribution is -2.26. The third-order valence-corrected chi connectivity index (χ3v) is 7.07. The van der Waals surface area contributed by atoms with E-state index in [-0.39, 0.29) is 17.8 Å². The van der Waals surface area contributed by atoms with Gasteiger partial charge < -0.3 is 0 Å². The summed E-state index contributed by atoms with van der Waals surface area (Å²) in [5.74, 6) is 3.61. The van der Waals surface area contributed by atoms with Crippen LogP contribution in [0.5, 0.6) is 0 Å². The summed E-state index contributed by atoms with van der Waals surface area (Å²) in [6.45, 7) is 3.82. The lowest BCUT2D eigenvalue weighted by Gasteiger charge is -2.25. The zero-order chi connectivity index (χ0) is 12.2. The van der Waals surface area contributed by atoms with Crippen molar-refractivity contribution in [2.24, 2.45) is 46.8 Å². The number of carbonyl (C=O) groups excluding carboxylic acids is 2. The molecule has 5 aliphatic rings. The van der Waals surface area contributed by atoms with Gasteiger partial charge in [-0.2, -0.15) is 0 Å². The number of hydrogen-bond acceptors (Lipinski definition) is 2. The molecular formula is C16H18O2. The molecule has 0 amide bonds. The lowest BCUT2D eigenvalue weighted by atomic mass is 9.78. The molecule has 0 saturated heterocycles. The molecule has 7 unspecified atom stereocenters. The number of Topliss-reactive ketones (excluding diaryl/α,β-unsaturated/α-hetero) is 2. The summed E-state index contributed by atoms with van der Waals surface area (Å²) in [4.78, 5) is 24.9. The van der Waals surface area contributed by atoms with Gasteiger partial charge in [-0.25, -0.2) is 0 Å². The minimum atomic E-state index is 0.124. The third kappa shape index (κ3) is 0.751. The number of carbonyl (C=O) groups is 2. The second-order valence-electron chi connectivity index (χ2n) is 7.28. The van der Waals surface area contributed by atoms with Crippen molar-refractivity contribution >= 4 is 11.6 Å². The van der Waals surface area contributed by atoms with Crippen molar-refractivity contribution in [1.29, 1.82) is 0 Å². The Labute approximate surface area is 107 Å². The van der Waals surface area contributed by atoms with Gasteiger partial charge in [-0.15, -0.1) is 6.58 Å². The highest BCUT2D eigenvalue weighted by Crippen LogP contribution is 2.84. The molecule has 5 fully saturated rings. The van der Waals surface area contributed by atoms with Crippen molar-refractivity contribution in [3.05, 3.63) is 12.7 Å². The van der Waals surface area contributed by atoms with Crippen LogP contribution in [0.2, 0.25) is 0 Å². The van der Waals surface area contributed by atoms with Gasteiger partial charge in [0, 0.05) is 24.2 Å². The summed E-state index contributed by atoms with van der Waals surface area (Å²) >= 11 is 0. The highest BCUT2D eigenvalue weighted by Gasteiger charge is 2.83. The first kappa shape index (κ1) is 9.94. The quantitative estimate of drug-likeness (QED) is 0.696. The maximum atomic E-state index is 12.7. The number of fused-ring (bicyclic) bond motifs is 2. The summed E-state index contributed by atoms with van der Waals surface area (Å²) in [5, 5.41) is 0. The average molecular weight is 242 g/mol. The van der Waals surface area contributed by atoms with Crippen LogP contribution in [0.3, 0.4) is 0 Å². The van der Waals surface area contributed by atoms with Crippen LogP contribution in [-0.2, 0) is 9.59 Å². The van der Waals surface area contributed by atoms with E-state index in [4.69, 9.17) is 0 Å². The second-order valence-corrected chi connectivity index (χ2v) is 7.28. The van der Waals surface area contributed by atoms with Crippen LogP contribution >= 0.6 is 0 Å². The van der Waals surface area contributed by atoms with E-state index >= 15 is 0 Å². The van der Waals surface area contributed by atoms with Crippen LogP contribution in [0.15, 0.2) is 12.7 Å². The molecule has 7 atom stereocenters. The largest absolute Gasteiger partial charge is 0.299 e. The fourth-order valence-electron chi connectivity index (χ4n) is 6.84.